The van der Waals surface area contributed by atoms with Crippen LogP contribution in [0.4, 0.5) is 18.9 Å². The number of sulfonamides is 1. The van der Waals surface area contributed by atoms with E-state index in [-0.39, 0.29) is 22.0 Å². The number of benzene rings is 2. The van der Waals surface area contributed by atoms with E-state index in [0.717, 1.165) is 11.8 Å². The van der Waals surface area contributed by atoms with Gasteiger partial charge in [0.05, 0.1) is 17.1 Å². The number of hydrogen-bond acceptors (Lipinski definition) is 3. The molecule has 0 radical (unpaired) electrons. The summed E-state index contributed by atoms with van der Waals surface area (Å²) in [6, 6.07) is 14.4. The highest BCUT2D eigenvalue weighted by atomic mass is 35.5. The molecule has 0 atom stereocenters. The van der Waals surface area contributed by atoms with Crippen molar-refractivity contribution in [3.63, 3.8) is 0 Å². The molecule has 0 aliphatic rings. The molecule has 0 unspecified atom stereocenters. The standard InChI is InChI=1S/C16H11ClF3N3O2S/c17-11-6-7-15(22-26(24,25)16(18,19)20)13(10-11)14-8-9-23(21-14)12-4-2-1-3-5-12/h1-10,22H. The normalized spacial score (nSPS) is 12.2. The quantitative estimate of drug-likeness (QED) is 0.702. The molecule has 0 fully saturated rings. The second kappa shape index (κ2) is 6.65. The van der Waals surface area contributed by atoms with E-state index >= 15 is 0 Å². The topological polar surface area (TPSA) is 64.0 Å². The van der Waals surface area contributed by atoms with Crippen molar-refractivity contribution in [2.45, 2.75) is 5.51 Å². The maximum absolute atomic E-state index is 12.7. The monoisotopic (exact) mass is 401 g/mol. The summed E-state index contributed by atoms with van der Waals surface area (Å²) in [5.41, 5.74) is -4.59. The molecule has 26 heavy (non-hydrogen) atoms. The van der Waals surface area contributed by atoms with Crippen molar-refractivity contribution < 1.29 is 21.6 Å². The lowest BCUT2D eigenvalue weighted by Gasteiger charge is -2.13. The SMILES string of the molecule is O=S(=O)(Nc1ccc(Cl)cc1-c1ccn(-c2ccccc2)n1)C(F)(F)F. The van der Waals surface area contributed by atoms with E-state index in [1.165, 1.54) is 16.8 Å². The Morgan fingerprint density at radius 1 is 1.04 bits per heavy atom. The average Bonchev–Trinajstić information content (AvgIpc) is 3.06. The molecule has 0 aliphatic carbocycles. The van der Waals surface area contributed by atoms with Gasteiger partial charge in [0.2, 0.25) is 0 Å². The van der Waals surface area contributed by atoms with Crippen molar-refractivity contribution in [2.24, 2.45) is 0 Å². The number of halogens is 4. The summed E-state index contributed by atoms with van der Waals surface area (Å²) in [5.74, 6) is 0. The third-order valence-electron chi connectivity index (χ3n) is 3.42. The predicted molar refractivity (Wildman–Crippen MR) is 92.6 cm³/mol. The van der Waals surface area contributed by atoms with E-state index in [2.05, 4.69) is 5.10 Å². The molecule has 136 valence electrons. The van der Waals surface area contributed by atoms with Gasteiger partial charge >= 0.3 is 15.5 Å². The van der Waals surface area contributed by atoms with Crippen LogP contribution in [0.15, 0.2) is 60.8 Å². The third-order valence-corrected chi connectivity index (χ3v) is 4.75. The number of para-hydroxylation sites is 1. The lowest BCUT2D eigenvalue weighted by Crippen LogP contribution is -2.30. The lowest BCUT2D eigenvalue weighted by molar-refractivity contribution is -0.0429. The van der Waals surface area contributed by atoms with E-state index in [9.17, 15) is 21.6 Å². The number of rotatable bonds is 4. The highest BCUT2D eigenvalue weighted by Gasteiger charge is 2.46. The Labute approximate surface area is 152 Å². The van der Waals surface area contributed by atoms with Crippen LogP contribution in [-0.4, -0.2) is 23.7 Å². The molecular formula is C16H11ClF3N3O2S. The Bertz CT molecular complexity index is 1030. The summed E-state index contributed by atoms with van der Waals surface area (Å²) in [7, 11) is -5.57. The van der Waals surface area contributed by atoms with Gasteiger partial charge in [-0.3, -0.25) is 4.72 Å². The molecule has 2 aromatic carbocycles. The molecule has 0 aliphatic heterocycles. The Kier molecular flexibility index (Phi) is 4.68. The highest BCUT2D eigenvalue weighted by Crippen LogP contribution is 2.33. The van der Waals surface area contributed by atoms with Gasteiger partial charge in [-0.25, -0.2) is 4.68 Å². The molecule has 10 heteroatoms. The van der Waals surface area contributed by atoms with Gasteiger partial charge < -0.3 is 0 Å². The van der Waals surface area contributed by atoms with Crippen LogP contribution in [0.25, 0.3) is 16.9 Å². The smallest absolute Gasteiger partial charge is 0.275 e. The molecule has 0 saturated heterocycles. The van der Waals surface area contributed by atoms with E-state index < -0.39 is 15.5 Å². The number of anilines is 1. The van der Waals surface area contributed by atoms with Crippen LogP contribution in [0.2, 0.25) is 5.02 Å². The number of hydrogen-bond donors (Lipinski definition) is 1. The van der Waals surface area contributed by atoms with Crippen LogP contribution in [0, 0.1) is 0 Å². The number of nitrogens with one attached hydrogen (secondary N) is 1. The van der Waals surface area contributed by atoms with Crippen molar-refractivity contribution >= 4 is 27.3 Å². The number of alkyl halides is 3. The first kappa shape index (κ1) is 18.3. The minimum absolute atomic E-state index is 0.125. The summed E-state index contributed by atoms with van der Waals surface area (Å²) >= 11 is 5.92. The Hall–Kier alpha value is -2.52. The average molecular weight is 402 g/mol. The van der Waals surface area contributed by atoms with Crippen LogP contribution in [0.3, 0.4) is 0 Å². The fourth-order valence-electron chi connectivity index (χ4n) is 2.21. The van der Waals surface area contributed by atoms with Gasteiger partial charge in [0, 0.05) is 16.8 Å². The zero-order chi connectivity index (χ0) is 18.9. The molecule has 1 heterocycles. The maximum atomic E-state index is 12.7. The van der Waals surface area contributed by atoms with Gasteiger partial charge in [0.1, 0.15) is 0 Å². The van der Waals surface area contributed by atoms with Crippen molar-refractivity contribution in [1.29, 1.82) is 0 Å². The van der Waals surface area contributed by atoms with Crippen molar-refractivity contribution in [1.82, 2.24) is 9.78 Å². The second-order valence-corrected chi connectivity index (χ2v) is 7.33. The van der Waals surface area contributed by atoms with Crippen LogP contribution < -0.4 is 4.72 Å². The first-order chi connectivity index (χ1) is 12.2. The molecule has 1 N–H and O–H groups in total. The number of aromatic nitrogens is 2. The molecule has 5 nitrogen and oxygen atoms in total. The second-order valence-electron chi connectivity index (χ2n) is 5.22. The van der Waals surface area contributed by atoms with E-state index in [1.807, 2.05) is 6.07 Å². The summed E-state index contributed by atoms with van der Waals surface area (Å²) in [6.07, 6.45) is 1.60. The van der Waals surface area contributed by atoms with Crippen LogP contribution in [0.5, 0.6) is 0 Å². The van der Waals surface area contributed by atoms with Crippen molar-refractivity contribution in [2.75, 3.05) is 4.72 Å². The van der Waals surface area contributed by atoms with Crippen molar-refractivity contribution in [3.05, 3.63) is 65.8 Å². The van der Waals surface area contributed by atoms with Crippen LogP contribution in [-0.2, 0) is 10.0 Å². The van der Waals surface area contributed by atoms with Gasteiger partial charge in [-0.2, -0.15) is 26.7 Å². The van der Waals surface area contributed by atoms with Crippen LogP contribution >= 0.6 is 11.6 Å². The van der Waals surface area contributed by atoms with Gasteiger partial charge in [-0.1, -0.05) is 29.8 Å². The molecule has 0 amide bonds. The Balaban J connectivity index is 2.04. The molecule has 1 aromatic heterocycles. The Morgan fingerprint density at radius 3 is 2.38 bits per heavy atom. The fraction of sp³-hybridized carbons (Fsp3) is 0.0625. The minimum atomic E-state index is -5.57. The molecule has 0 saturated carbocycles. The zero-order valence-electron chi connectivity index (χ0n) is 12.9. The molecule has 3 rings (SSSR count). The molecule has 0 spiro atoms. The first-order valence-corrected chi connectivity index (χ1v) is 9.03. The largest absolute Gasteiger partial charge is 0.516 e. The first-order valence-electron chi connectivity index (χ1n) is 7.17. The minimum Gasteiger partial charge on any atom is -0.275 e. The molecular weight excluding hydrogens is 391 g/mol. The maximum Gasteiger partial charge on any atom is 0.516 e. The zero-order valence-corrected chi connectivity index (χ0v) is 14.5. The van der Waals surface area contributed by atoms with Crippen molar-refractivity contribution in [3.8, 4) is 16.9 Å². The van der Waals surface area contributed by atoms with E-state index in [1.54, 1.807) is 41.3 Å². The third kappa shape index (κ3) is 3.68. The summed E-state index contributed by atoms with van der Waals surface area (Å²) in [4.78, 5) is 0. The van der Waals surface area contributed by atoms with E-state index in [4.69, 9.17) is 11.6 Å². The van der Waals surface area contributed by atoms with Gasteiger partial charge in [0.15, 0.2) is 0 Å². The van der Waals surface area contributed by atoms with Crippen LogP contribution in [0.1, 0.15) is 0 Å². The fourth-order valence-corrected chi connectivity index (χ4v) is 2.97. The molecule has 3 aromatic rings. The summed E-state index contributed by atoms with van der Waals surface area (Å²) in [5, 5.41) is 4.51. The van der Waals surface area contributed by atoms with E-state index in [0.29, 0.717) is 0 Å². The molecule has 0 bridgehead atoms. The predicted octanol–water partition coefficient (Wildman–Crippen LogP) is 4.45. The number of nitrogens with zero attached hydrogens (tertiary/aromatic N) is 2. The van der Waals surface area contributed by atoms with Gasteiger partial charge in [-0.15, -0.1) is 0 Å². The Morgan fingerprint density at radius 2 is 1.73 bits per heavy atom. The van der Waals surface area contributed by atoms with Gasteiger partial charge in [0.25, 0.3) is 0 Å². The summed E-state index contributed by atoms with van der Waals surface area (Å²) < 4.78 is 63.9. The lowest BCUT2D eigenvalue weighted by atomic mass is 10.1. The summed E-state index contributed by atoms with van der Waals surface area (Å²) in [6.45, 7) is 0. The highest BCUT2D eigenvalue weighted by molar-refractivity contribution is 7.93. The van der Waals surface area contributed by atoms with Gasteiger partial charge in [-0.05, 0) is 36.4 Å².